The second-order valence-corrected chi connectivity index (χ2v) is 6.33. The SMILES string of the molecule is CC1(C)CCCCC1(O)c1cccc2ncccc12. The number of fused-ring (bicyclic) bond motifs is 1. The zero-order valence-corrected chi connectivity index (χ0v) is 11.7. The van der Waals surface area contributed by atoms with Gasteiger partial charge in [-0.05, 0) is 36.0 Å². The van der Waals surface area contributed by atoms with Crippen molar-refractivity contribution in [2.45, 2.75) is 45.1 Å². The molecule has 1 aromatic heterocycles. The molecule has 0 amide bonds. The normalized spacial score (nSPS) is 26.5. The molecular weight excluding hydrogens is 234 g/mol. The first kappa shape index (κ1) is 12.6. The quantitative estimate of drug-likeness (QED) is 0.834. The number of nitrogens with zero attached hydrogens (tertiary/aromatic N) is 1. The van der Waals surface area contributed by atoms with Gasteiger partial charge in [-0.1, -0.05) is 44.9 Å². The molecule has 2 aromatic rings. The molecule has 1 aliphatic rings. The third-order valence-electron chi connectivity index (χ3n) is 4.80. The van der Waals surface area contributed by atoms with Crippen LogP contribution in [-0.2, 0) is 5.60 Å². The van der Waals surface area contributed by atoms with Gasteiger partial charge in [0.1, 0.15) is 0 Å². The van der Waals surface area contributed by atoms with Crippen LogP contribution in [0.25, 0.3) is 10.9 Å². The van der Waals surface area contributed by atoms with E-state index in [9.17, 15) is 5.11 Å². The lowest BCUT2D eigenvalue weighted by Gasteiger charge is -2.47. The molecule has 1 aromatic carbocycles. The first-order valence-corrected chi connectivity index (χ1v) is 7.11. The van der Waals surface area contributed by atoms with Gasteiger partial charge < -0.3 is 5.11 Å². The maximum absolute atomic E-state index is 11.3. The Balaban J connectivity index is 2.23. The summed E-state index contributed by atoms with van der Waals surface area (Å²) in [6.45, 7) is 4.36. The molecule has 1 fully saturated rings. The zero-order valence-electron chi connectivity index (χ0n) is 11.7. The number of hydrogen-bond acceptors (Lipinski definition) is 2. The van der Waals surface area contributed by atoms with E-state index in [-0.39, 0.29) is 5.41 Å². The molecule has 0 aliphatic heterocycles. The molecule has 1 aliphatic carbocycles. The highest BCUT2D eigenvalue weighted by Crippen LogP contribution is 2.51. The van der Waals surface area contributed by atoms with E-state index < -0.39 is 5.60 Å². The van der Waals surface area contributed by atoms with Crippen molar-refractivity contribution in [3.05, 3.63) is 42.1 Å². The first-order valence-electron chi connectivity index (χ1n) is 7.11. The molecule has 1 atom stereocenters. The summed E-state index contributed by atoms with van der Waals surface area (Å²) in [6.07, 6.45) is 6.02. The molecule has 2 nitrogen and oxygen atoms in total. The molecule has 0 bridgehead atoms. The minimum absolute atomic E-state index is 0.0879. The van der Waals surface area contributed by atoms with Gasteiger partial charge in [-0.15, -0.1) is 0 Å². The summed E-state index contributed by atoms with van der Waals surface area (Å²) in [7, 11) is 0. The van der Waals surface area contributed by atoms with Crippen molar-refractivity contribution in [3.63, 3.8) is 0 Å². The van der Waals surface area contributed by atoms with Crippen LogP contribution < -0.4 is 0 Å². The van der Waals surface area contributed by atoms with Gasteiger partial charge in [0.15, 0.2) is 0 Å². The molecule has 3 rings (SSSR count). The number of pyridine rings is 1. The summed E-state index contributed by atoms with van der Waals surface area (Å²) >= 11 is 0. The van der Waals surface area contributed by atoms with Crippen LogP contribution in [0.3, 0.4) is 0 Å². The van der Waals surface area contributed by atoms with Crippen molar-refractivity contribution in [1.82, 2.24) is 4.98 Å². The minimum Gasteiger partial charge on any atom is -0.385 e. The molecule has 100 valence electrons. The van der Waals surface area contributed by atoms with E-state index in [2.05, 4.69) is 31.0 Å². The topological polar surface area (TPSA) is 33.1 Å². The highest BCUT2D eigenvalue weighted by molar-refractivity contribution is 5.83. The summed E-state index contributed by atoms with van der Waals surface area (Å²) in [6, 6.07) is 10.1. The Morgan fingerprint density at radius 3 is 2.63 bits per heavy atom. The zero-order chi connectivity index (χ0) is 13.5. The summed E-state index contributed by atoms with van der Waals surface area (Å²) in [5.41, 5.74) is 1.18. The van der Waals surface area contributed by atoms with E-state index in [1.165, 1.54) is 6.42 Å². The van der Waals surface area contributed by atoms with Crippen LogP contribution in [0.4, 0.5) is 0 Å². The predicted molar refractivity (Wildman–Crippen MR) is 77.9 cm³/mol. The fraction of sp³-hybridized carbons (Fsp3) is 0.471. The van der Waals surface area contributed by atoms with Crippen molar-refractivity contribution >= 4 is 10.9 Å². The molecule has 1 saturated carbocycles. The van der Waals surface area contributed by atoms with Crippen LogP contribution in [0.5, 0.6) is 0 Å². The van der Waals surface area contributed by atoms with Crippen molar-refractivity contribution in [1.29, 1.82) is 0 Å². The number of hydrogen-bond donors (Lipinski definition) is 1. The van der Waals surface area contributed by atoms with Crippen LogP contribution in [0.2, 0.25) is 0 Å². The first-order chi connectivity index (χ1) is 9.05. The third-order valence-corrected chi connectivity index (χ3v) is 4.80. The standard InChI is InChI=1S/C17H21NO/c1-16(2)10-3-4-11-17(16,19)14-8-5-9-15-13(14)7-6-12-18-15/h5-9,12,19H,3-4,10-11H2,1-2H3. The van der Waals surface area contributed by atoms with Gasteiger partial charge in [0.2, 0.25) is 0 Å². The van der Waals surface area contributed by atoms with E-state index in [1.54, 1.807) is 0 Å². The Labute approximate surface area is 114 Å². The molecule has 19 heavy (non-hydrogen) atoms. The lowest BCUT2D eigenvalue weighted by molar-refractivity contribution is -0.102. The Morgan fingerprint density at radius 2 is 1.84 bits per heavy atom. The van der Waals surface area contributed by atoms with Crippen molar-refractivity contribution < 1.29 is 5.11 Å². The van der Waals surface area contributed by atoms with Gasteiger partial charge in [0.25, 0.3) is 0 Å². The van der Waals surface area contributed by atoms with Crippen LogP contribution in [0.15, 0.2) is 36.5 Å². The van der Waals surface area contributed by atoms with Crippen LogP contribution in [-0.4, -0.2) is 10.1 Å². The highest BCUT2D eigenvalue weighted by Gasteiger charge is 2.46. The number of rotatable bonds is 1. The van der Waals surface area contributed by atoms with Crippen molar-refractivity contribution in [2.75, 3.05) is 0 Å². The summed E-state index contributed by atoms with van der Waals surface area (Å²) < 4.78 is 0. The second-order valence-electron chi connectivity index (χ2n) is 6.33. The van der Waals surface area contributed by atoms with E-state index in [4.69, 9.17) is 0 Å². The van der Waals surface area contributed by atoms with Crippen molar-refractivity contribution in [3.8, 4) is 0 Å². The summed E-state index contributed by atoms with van der Waals surface area (Å²) in [5.74, 6) is 0. The maximum atomic E-state index is 11.3. The average Bonchev–Trinajstić information content (AvgIpc) is 2.41. The van der Waals surface area contributed by atoms with Crippen molar-refractivity contribution in [2.24, 2.45) is 5.41 Å². The molecule has 2 heteroatoms. The number of aromatic nitrogens is 1. The molecule has 0 spiro atoms. The van der Waals surface area contributed by atoms with Crippen LogP contribution >= 0.6 is 0 Å². The fourth-order valence-electron chi connectivity index (χ4n) is 3.46. The smallest absolute Gasteiger partial charge is 0.0953 e. The van der Waals surface area contributed by atoms with Crippen LogP contribution in [0.1, 0.15) is 45.1 Å². The van der Waals surface area contributed by atoms with Gasteiger partial charge in [0.05, 0.1) is 11.1 Å². The predicted octanol–water partition coefficient (Wildman–Crippen LogP) is 4.02. The van der Waals surface area contributed by atoms with Gasteiger partial charge in [0, 0.05) is 11.6 Å². The van der Waals surface area contributed by atoms with E-state index in [0.29, 0.717) is 0 Å². The number of aliphatic hydroxyl groups is 1. The lowest BCUT2D eigenvalue weighted by atomic mass is 9.62. The minimum atomic E-state index is -0.742. The summed E-state index contributed by atoms with van der Waals surface area (Å²) in [4.78, 5) is 4.40. The fourth-order valence-corrected chi connectivity index (χ4v) is 3.46. The Bertz CT molecular complexity index is 600. The molecule has 0 radical (unpaired) electrons. The molecule has 0 saturated heterocycles. The number of benzene rings is 1. The van der Waals surface area contributed by atoms with E-state index in [1.807, 2.05) is 24.4 Å². The highest BCUT2D eigenvalue weighted by atomic mass is 16.3. The molecule has 1 unspecified atom stereocenters. The molecule has 1 heterocycles. The summed E-state index contributed by atoms with van der Waals surface area (Å²) in [5, 5.41) is 12.4. The largest absolute Gasteiger partial charge is 0.385 e. The van der Waals surface area contributed by atoms with Gasteiger partial charge >= 0.3 is 0 Å². The second kappa shape index (κ2) is 4.31. The Morgan fingerprint density at radius 1 is 1.05 bits per heavy atom. The average molecular weight is 255 g/mol. The van der Waals surface area contributed by atoms with E-state index >= 15 is 0 Å². The van der Waals surface area contributed by atoms with Gasteiger partial charge in [-0.3, -0.25) is 4.98 Å². The van der Waals surface area contributed by atoms with E-state index in [0.717, 1.165) is 35.7 Å². The molecular formula is C17H21NO. The van der Waals surface area contributed by atoms with Gasteiger partial charge in [-0.2, -0.15) is 0 Å². The van der Waals surface area contributed by atoms with Crippen LogP contribution in [0, 0.1) is 5.41 Å². The monoisotopic (exact) mass is 255 g/mol. The van der Waals surface area contributed by atoms with Gasteiger partial charge in [-0.25, -0.2) is 0 Å². The maximum Gasteiger partial charge on any atom is 0.0953 e. The lowest BCUT2D eigenvalue weighted by Crippen LogP contribution is -2.44. The Hall–Kier alpha value is -1.41. The molecule has 1 N–H and O–H groups in total. The third kappa shape index (κ3) is 1.86. The Kier molecular flexibility index (Phi) is 2.86.